The quantitative estimate of drug-likeness (QED) is 0.448. The average Bonchev–Trinajstić information content (AvgIpc) is 2.00. The van der Waals surface area contributed by atoms with E-state index in [0.29, 0.717) is 0 Å². The summed E-state index contributed by atoms with van der Waals surface area (Å²) >= 11 is 0. The smallest absolute Gasteiger partial charge is 0.0139 e. The zero-order valence-electron chi connectivity index (χ0n) is 7.57. The van der Waals surface area contributed by atoms with Gasteiger partial charge in [-0.2, -0.15) is 0 Å². The molecule has 0 unspecified atom stereocenters. The lowest BCUT2D eigenvalue weighted by molar-refractivity contribution is 1.03. The Morgan fingerprint density at radius 3 is 1.40 bits per heavy atom. The molecule has 0 aromatic rings. The van der Waals surface area contributed by atoms with Crippen molar-refractivity contribution < 1.29 is 0 Å². The van der Waals surface area contributed by atoms with E-state index < -0.39 is 0 Å². The Morgan fingerprint density at radius 1 is 0.900 bits per heavy atom. The van der Waals surface area contributed by atoms with Gasteiger partial charge in [-0.05, 0) is 26.7 Å². The Hall–Kier alpha value is -0.520. The Kier molecular flexibility index (Phi) is 5.00. The van der Waals surface area contributed by atoms with Gasteiger partial charge in [0.1, 0.15) is 0 Å². The van der Waals surface area contributed by atoms with Gasteiger partial charge in [0.2, 0.25) is 0 Å². The first-order valence-corrected chi connectivity index (χ1v) is 4.11. The number of allylic oxidation sites excluding steroid dienone is 4. The molecule has 0 aromatic heterocycles. The summed E-state index contributed by atoms with van der Waals surface area (Å²) in [5.41, 5.74) is 3.10. The van der Waals surface area contributed by atoms with E-state index in [1.54, 1.807) is 11.1 Å². The van der Waals surface area contributed by atoms with E-state index in [0.717, 1.165) is 0 Å². The molecule has 0 bridgehead atoms. The van der Waals surface area contributed by atoms with Gasteiger partial charge in [0.25, 0.3) is 0 Å². The molecule has 0 fully saturated rings. The third kappa shape index (κ3) is 2.86. The van der Waals surface area contributed by atoms with Crippen LogP contribution in [0.25, 0.3) is 0 Å². The molecule has 0 nitrogen and oxygen atoms in total. The van der Waals surface area contributed by atoms with Crippen LogP contribution in [-0.4, -0.2) is 0 Å². The van der Waals surface area contributed by atoms with Gasteiger partial charge < -0.3 is 0 Å². The number of hydrogen-bond acceptors (Lipinski definition) is 0. The van der Waals surface area contributed by atoms with Crippen LogP contribution in [0.5, 0.6) is 0 Å². The van der Waals surface area contributed by atoms with E-state index in [4.69, 9.17) is 0 Å². The fourth-order valence-corrected chi connectivity index (χ4v) is 0.869. The highest BCUT2D eigenvalue weighted by atomic mass is 14.0. The third-order valence-corrected chi connectivity index (χ3v) is 1.74. The summed E-state index contributed by atoms with van der Waals surface area (Å²) in [6.07, 6.45) is 6.82. The van der Waals surface area contributed by atoms with Crippen LogP contribution in [-0.2, 0) is 0 Å². The topological polar surface area (TPSA) is 0 Å². The monoisotopic (exact) mass is 138 g/mol. The first kappa shape index (κ1) is 9.48. The molecule has 0 saturated heterocycles. The Bertz CT molecular complexity index is 122. The molecule has 10 heavy (non-hydrogen) atoms. The summed E-state index contributed by atoms with van der Waals surface area (Å²) in [4.78, 5) is 0. The SMILES string of the molecule is CC.CC1=C(C)CC=CC1. The van der Waals surface area contributed by atoms with E-state index in [1.165, 1.54) is 12.8 Å². The third-order valence-electron chi connectivity index (χ3n) is 1.74. The number of hydrogen-bond donors (Lipinski definition) is 0. The lowest BCUT2D eigenvalue weighted by atomic mass is 10.0. The largest absolute Gasteiger partial charge is 0.0842 e. The standard InChI is InChI=1S/C8H12.C2H6/c1-7-5-3-4-6-8(7)2;1-2/h3-4H,5-6H2,1-2H3;1-2H3. The van der Waals surface area contributed by atoms with Gasteiger partial charge in [0.05, 0.1) is 0 Å². The van der Waals surface area contributed by atoms with Gasteiger partial charge in [-0.15, -0.1) is 0 Å². The van der Waals surface area contributed by atoms with Crippen molar-refractivity contribution in [2.24, 2.45) is 0 Å². The van der Waals surface area contributed by atoms with E-state index >= 15 is 0 Å². The molecular weight excluding hydrogens is 120 g/mol. The van der Waals surface area contributed by atoms with Crippen molar-refractivity contribution in [3.8, 4) is 0 Å². The van der Waals surface area contributed by atoms with E-state index in [2.05, 4.69) is 26.0 Å². The molecule has 1 aliphatic rings. The molecule has 1 aliphatic carbocycles. The molecule has 0 amide bonds. The lowest BCUT2D eigenvalue weighted by Gasteiger charge is -2.06. The molecule has 0 atom stereocenters. The molecule has 0 aliphatic heterocycles. The summed E-state index contributed by atoms with van der Waals surface area (Å²) in [7, 11) is 0. The van der Waals surface area contributed by atoms with Crippen molar-refractivity contribution in [1.82, 2.24) is 0 Å². The summed E-state index contributed by atoms with van der Waals surface area (Å²) in [6, 6.07) is 0. The van der Waals surface area contributed by atoms with E-state index in [-0.39, 0.29) is 0 Å². The lowest BCUT2D eigenvalue weighted by Crippen LogP contribution is -1.86. The highest BCUT2D eigenvalue weighted by molar-refractivity contribution is 5.20. The second-order valence-electron chi connectivity index (χ2n) is 2.44. The average molecular weight is 138 g/mol. The van der Waals surface area contributed by atoms with Gasteiger partial charge >= 0.3 is 0 Å². The highest BCUT2D eigenvalue weighted by Gasteiger charge is 1.96. The molecule has 58 valence electrons. The van der Waals surface area contributed by atoms with Crippen molar-refractivity contribution in [1.29, 1.82) is 0 Å². The summed E-state index contributed by atoms with van der Waals surface area (Å²) in [5.74, 6) is 0. The fraction of sp³-hybridized carbons (Fsp3) is 0.600. The zero-order chi connectivity index (χ0) is 7.98. The van der Waals surface area contributed by atoms with Gasteiger partial charge in [0.15, 0.2) is 0 Å². The summed E-state index contributed by atoms with van der Waals surface area (Å²) in [5, 5.41) is 0. The minimum Gasteiger partial charge on any atom is -0.0842 e. The maximum Gasteiger partial charge on any atom is -0.0139 e. The Labute approximate surface area is 64.6 Å². The molecule has 1 rings (SSSR count). The van der Waals surface area contributed by atoms with Crippen LogP contribution in [0.4, 0.5) is 0 Å². The molecule has 0 radical (unpaired) electrons. The molecule has 0 saturated carbocycles. The van der Waals surface area contributed by atoms with Crippen LogP contribution in [0.1, 0.15) is 40.5 Å². The first-order chi connectivity index (χ1) is 4.80. The van der Waals surface area contributed by atoms with Gasteiger partial charge in [-0.1, -0.05) is 37.1 Å². The van der Waals surface area contributed by atoms with Crippen LogP contribution >= 0.6 is 0 Å². The zero-order valence-corrected chi connectivity index (χ0v) is 7.57. The first-order valence-electron chi connectivity index (χ1n) is 4.11. The molecule has 0 aromatic carbocycles. The summed E-state index contributed by atoms with van der Waals surface area (Å²) in [6.45, 7) is 8.41. The van der Waals surface area contributed by atoms with Gasteiger partial charge in [0, 0.05) is 0 Å². The maximum atomic E-state index is 2.24. The summed E-state index contributed by atoms with van der Waals surface area (Å²) < 4.78 is 0. The minimum atomic E-state index is 1.17. The van der Waals surface area contributed by atoms with Gasteiger partial charge in [-0.25, -0.2) is 0 Å². The van der Waals surface area contributed by atoms with Gasteiger partial charge in [-0.3, -0.25) is 0 Å². The van der Waals surface area contributed by atoms with Crippen molar-refractivity contribution in [3.63, 3.8) is 0 Å². The highest BCUT2D eigenvalue weighted by Crippen LogP contribution is 2.16. The van der Waals surface area contributed by atoms with E-state index in [9.17, 15) is 0 Å². The molecule has 0 N–H and O–H groups in total. The van der Waals surface area contributed by atoms with Crippen LogP contribution in [0.3, 0.4) is 0 Å². The van der Waals surface area contributed by atoms with Crippen LogP contribution in [0.2, 0.25) is 0 Å². The Balaban J connectivity index is 0.000000371. The van der Waals surface area contributed by atoms with E-state index in [1.807, 2.05) is 13.8 Å². The predicted molar refractivity (Wildman–Crippen MR) is 48.1 cm³/mol. The molecule has 0 heterocycles. The Morgan fingerprint density at radius 2 is 1.20 bits per heavy atom. The van der Waals surface area contributed by atoms with Crippen LogP contribution in [0.15, 0.2) is 23.3 Å². The van der Waals surface area contributed by atoms with Crippen molar-refractivity contribution in [2.75, 3.05) is 0 Å². The second-order valence-corrected chi connectivity index (χ2v) is 2.44. The maximum absolute atomic E-state index is 2.24. The second kappa shape index (κ2) is 5.28. The minimum absolute atomic E-state index is 1.17. The van der Waals surface area contributed by atoms with Crippen molar-refractivity contribution in [3.05, 3.63) is 23.3 Å². The van der Waals surface area contributed by atoms with Crippen LogP contribution in [0, 0.1) is 0 Å². The van der Waals surface area contributed by atoms with Crippen molar-refractivity contribution in [2.45, 2.75) is 40.5 Å². The van der Waals surface area contributed by atoms with Crippen LogP contribution < -0.4 is 0 Å². The molecule has 0 spiro atoms. The van der Waals surface area contributed by atoms with Crippen molar-refractivity contribution >= 4 is 0 Å². The normalized spacial score (nSPS) is 16.4. The fourth-order valence-electron chi connectivity index (χ4n) is 0.869. The number of rotatable bonds is 0. The molecule has 0 heteroatoms. The molecular formula is C10H18. The predicted octanol–water partition coefficient (Wildman–Crippen LogP) is 3.70.